The number of carbonyl (C=O) groups is 3. The molecule has 0 saturated carbocycles. The molecule has 0 aromatic heterocycles. The van der Waals surface area contributed by atoms with Crippen LogP contribution < -0.4 is 10.2 Å². The number of piperidine rings is 1. The molecule has 0 atom stereocenters. The number of nitrogens with zero attached hydrogens (tertiary/aromatic N) is 3. The third-order valence-electron chi connectivity index (χ3n) is 5.98. The Labute approximate surface area is 193 Å². The molecule has 2 aliphatic rings. The molecule has 2 fully saturated rings. The summed E-state index contributed by atoms with van der Waals surface area (Å²) in [5, 5.41) is 2.65. The molecule has 10 heteroatoms. The van der Waals surface area contributed by atoms with Crippen LogP contribution in [-0.2, 0) is 19.6 Å². The van der Waals surface area contributed by atoms with Crippen molar-refractivity contribution in [1.82, 2.24) is 9.21 Å². The van der Waals surface area contributed by atoms with E-state index in [2.05, 4.69) is 5.32 Å². The largest absolute Gasteiger partial charge is 0.332 e. The lowest BCUT2D eigenvalue weighted by Crippen LogP contribution is -2.48. The van der Waals surface area contributed by atoms with E-state index in [9.17, 15) is 22.8 Å². The number of rotatable bonds is 5. The smallest absolute Gasteiger partial charge is 0.326 e. The molecular formula is C23H26N4O5S. The molecule has 174 valence electrons. The Bertz CT molecular complexity index is 1190. The number of carbonyl (C=O) groups excluding carboxylic acids is 3. The van der Waals surface area contributed by atoms with Gasteiger partial charge in [0, 0.05) is 31.7 Å². The van der Waals surface area contributed by atoms with Gasteiger partial charge in [0.05, 0.1) is 10.6 Å². The van der Waals surface area contributed by atoms with Gasteiger partial charge >= 0.3 is 6.03 Å². The average Bonchev–Trinajstić information content (AvgIpc) is 3.07. The maximum atomic E-state index is 13.2. The molecule has 0 aliphatic carbocycles. The molecule has 2 saturated heterocycles. The Hall–Kier alpha value is -3.24. The zero-order valence-electron chi connectivity index (χ0n) is 18.5. The summed E-state index contributed by atoms with van der Waals surface area (Å²) in [5.41, 5.74) is 1.62. The van der Waals surface area contributed by atoms with Gasteiger partial charge in [-0.2, -0.15) is 4.31 Å². The second kappa shape index (κ2) is 8.95. The minimum Gasteiger partial charge on any atom is -0.326 e. The summed E-state index contributed by atoms with van der Waals surface area (Å²) in [4.78, 5) is 39.6. The number of anilines is 2. The normalized spacial score (nSPS) is 18.1. The molecule has 0 radical (unpaired) electrons. The van der Waals surface area contributed by atoms with Crippen LogP contribution in [0, 0.1) is 6.92 Å². The van der Waals surface area contributed by atoms with Crippen molar-refractivity contribution in [1.29, 1.82) is 0 Å². The molecule has 9 nitrogen and oxygen atoms in total. The summed E-state index contributed by atoms with van der Waals surface area (Å²) in [6.07, 6.45) is 0.897. The quantitative estimate of drug-likeness (QED) is 0.676. The fourth-order valence-electron chi connectivity index (χ4n) is 4.39. The van der Waals surface area contributed by atoms with E-state index < -0.39 is 10.0 Å². The molecular weight excluding hydrogens is 444 g/mol. The van der Waals surface area contributed by atoms with E-state index in [1.807, 2.05) is 6.07 Å². The van der Waals surface area contributed by atoms with Crippen molar-refractivity contribution in [3.05, 3.63) is 54.1 Å². The van der Waals surface area contributed by atoms with Gasteiger partial charge in [0.1, 0.15) is 6.54 Å². The van der Waals surface area contributed by atoms with E-state index >= 15 is 0 Å². The van der Waals surface area contributed by atoms with E-state index in [1.165, 1.54) is 22.2 Å². The number of urea groups is 1. The summed E-state index contributed by atoms with van der Waals surface area (Å²) in [7, 11) is -3.72. The predicted molar refractivity (Wildman–Crippen MR) is 123 cm³/mol. The van der Waals surface area contributed by atoms with Crippen molar-refractivity contribution in [2.45, 2.75) is 37.6 Å². The van der Waals surface area contributed by atoms with Gasteiger partial charge in [-0.1, -0.05) is 18.2 Å². The standard InChI is InChI=1S/C23H26N4O5S/c1-16-14-18(24-17(2)28)8-9-21(16)33(31,32)25-12-10-19(11-13-25)26-15-22(29)27(23(26)30)20-6-4-3-5-7-20/h3-9,14,19H,10-13,15H2,1-2H3,(H,24,28). The van der Waals surface area contributed by atoms with Crippen LogP contribution in [0.4, 0.5) is 16.2 Å². The number of hydrogen-bond acceptors (Lipinski definition) is 5. The lowest BCUT2D eigenvalue weighted by molar-refractivity contribution is -0.117. The zero-order valence-corrected chi connectivity index (χ0v) is 19.3. The average molecular weight is 471 g/mol. The van der Waals surface area contributed by atoms with Gasteiger partial charge in [0.15, 0.2) is 0 Å². The third-order valence-corrected chi connectivity index (χ3v) is 8.04. The summed E-state index contributed by atoms with van der Waals surface area (Å²) in [6, 6.07) is 12.9. The van der Waals surface area contributed by atoms with Crippen molar-refractivity contribution in [3.63, 3.8) is 0 Å². The van der Waals surface area contributed by atoms with Crippen molar-refractivity contribution in [2.75, 3.05) is 29.9 Å². The van der Waals surface area contributed by atoms with Crippen molar-refractivity contribution in [3.8, 4) is 0 Å². The van der Waals surface area contributed by atoms with Crippen LogP contribution in [0.1, 0.15) is 25.3 Å². The van der Waals surface area contributed by atoms with Crippen LogP contribution in [0.3, 0.4) is 0 Å². The van der Waals surface area contributed by atoms with Crippen molar-refractivity contribution < 1.29 is 22.8 Å². The number of benzene rings is 2. The second-order valence-corrected chi connectivity index (χ2v) is 10.2. The van der Waals surface area contributed by atoms with Crippen molar-refractivity contribution in [2.24, 2.45) is 0 Å². The molecule has 33 heavy (non-hydrogen) atoms. The number of hydrogen-bond donors (Lipinski definition) is 1. The highest BCUT2D eigenvalue weighted by atomic mass is 32.2. The van der Waals surface area contributed by atoms with Crippen LogP contribution in [-0.4, -0.2) is 61.1 Å². The molecule has 1 N–H and O–H groups in total. The third kappa shape index (κ3) is 4.49. The van der Waals surface area contributed by atoms with Gasteiger partial charge in [0.2, 0.25) is 15.9 Å². The maximum Gasteiger partial charge on any atom is 0.332 e. The fourth-order valence-corrected chi connectivity index (χ4v) is 6.06. The summed E-state index contributed by atoms with van der Waals surface area (Å²) in [6.45, 7) is 3.58. The van der Waals surface area contributed by atoms with E-state index in [1.54, 1.807) is 48.2 Å². The Morgan fingerprint density at radius 3 is 2.30 bits per heavy atom. The van der Waals surface area contributed by atoms with Crippen LogP contribution in [0.15, 0.2) is 53.4 Å². The van der Waals surface area contributed by atoms with Gasteiger partial charge < -0.3 is 10.2 Å². The Balaban J connectivity index is 1.44. The van der Waals surface area contributed by atoms with Gasteiger partial charge in [-0.05, 0) is 55.7 Å². The molecule has 2 aromatic rings. The topological polar surface area (TPSA) is 107 Å². The summed E-state index contributed by atoms with van der Waals surface area (Å²) < 4.78 is 27.9. The van der Waals surface area contributed by atoms with Gasteiger partial charge in [0.25, 0.3) is 5.91 Å². The first-order chi connectivity index (χ1) is 15.7. The zero-order chi connectivity index (χ0) is 23.8. The number of imide groups is 1. The SMILES string of the molecule is CC(=O)Nc1ccc(S(=O)(=O)N2CCC(N3CC(=O)N(c4ccccc4)C3=O)CC2)c(C)c1. The number of sulfonamides is 1. The van der Waals surface area contributed by atoms with E-state index in [0.29, 0.717) is 29.8 Å². The molecule has 4 amide bonds. The van der Waals surface area contributed by atoms with Crippen LogP contribution in [0.25, 0.3) is 0 Å². The number of para-hydroxylation sites is 1. The highest BCUT2D eigenvalue weighted by Crippen LogP contribution is 2.29. The summed E-state index contributed by atoms with van der Waals surface area (Å²) >= 11 is 0. The first-order valence-electron chi connectivity index (χ1n) is 10.8. The minimum absolute atomic E-state index is 0.00510. The van der Waals surface area contributed by atoms with Gasteiger partial charge in [-0.25, -0.2) is 18.1 Å². The number of amides is 4. The first kappa shape index (κ1) is 22.9. The maximum absolute atomic E-state index is 13.2. The highest BCUT2D eigenvalue weighted by molar-refractivity contribution is 7.89. The predicted octanol–water partition coefficient (Wildman–Crippen LogP) is 2.58. The van der Waals surface area contributed by atoms with Gasteiger partial charge in [-0.3, -0.25) is 9.59 Å². The second-order valence-electron chi connectivity index (χ2n) is 8.27. The number of aryl methyl sites for hydroxylation is 1. The first-order valence-corrected chi connectivity index (χ1v) is 12.2. The molecule has 0 unspecified atom stereocenters. The van der Waals surface area contributed by atoms with E-state index in [4.69, 9.17) is 0 Å². The minimum atomic E-state index is -3.72. The molecule has 4 rings (SSSR count). The van der Waals surface area contributed by atoms with Crippen LogP contribution in [0.2, 0.25) is 0 Å². The Morgan fingerprint density at radius 2 is 1.70 bits per heavy atom. The fraction of sp³-hybridized carbons (Fsp3) is 0.348. The Kier molecular flexibility index (Phi) is 6.22. The lowest BCUT2D eigenvalue weighted by Gasteiger charge is -2.35. The monoisotopic (exact) mass is 470 g/mol. The Morgan fingerprint density at radius 1 is 1.03 bits per heavy atom. The van der Waals surface area contributed by atoms with E-state index in [0.717, 1.165) is 0 Å². The number of nitrogens with one attached hydrogen (secondary N) is 1. The van der Waals surface area contributed by atoms with Gasteiger partial charge in [-0.15, -0.1) is 0 Å². The summed E-state index contributed by atoms with van der Waals surface area (Å²) in [5.74, 6) is -0.510. The van der Waals surface area contributed by atoms with E-state index in [-0.39, 0.29) is 48.4 Å². The lowest BCUT2D eigenvalue weighted by atomic mass is 10.1. The van der Waals surface area contributed by atoms with Crippen LogP contribution >= 0.6 is 0 Å². The molecule has 2 aromatic carbocycles. The molecule has 0 spiro atoms. The van der Waals surface area contributed by atoms with Crippen molar-refractivity contribution >= 4 is 39.2 Å². The molecule has 2 aliphatic heterocycles. The molecule has 0 bridgehead atoms. The molecule has 2 heterocycles. The van der Waals surface area contributed by atoms with Crippen LogP contribution in [0.5, 0.6) is 0 Å². The highest BCUT2D eigenvalue weighted by Gasteiger charge is 2.42.